The molecule has 3 rings (SSSR count). The van der Waals surface area contributed by atoms with E-state index in [2.05, 4.69) is 15.3 Å². The van der Waals surface area contributed by atoms with Crippen molar-refractivity contribution < 1.29 is 19.4 Å². The first-order chi connectivity index (χ1) is 10.1. The number of rotatable bonds is 3. The van der Waals surface area contributed by atoms with Gasteiger partial charge in [-0.3, -0.25) is 0 Å². The lowest BCUT2D eigenvalue weighted by Crippen LogP contribution is -2.15. The van der Waals surface area contributed by atoms with E-state index in [1.807, 2.05) is 0 Å². The number of carboxylic acids is 1. The van der Waals surface area contributed by atoms with Crippen LogP contribution in [0.2, 0.25) is 0 Å². The Bertz CT molecular complexity index is 703. The fourth-order valence-electron chi connectivity index (χ4n) is 1.98. The number of carbonyl (C=O) groups is 1. The fraction of sp³-hybridized carbons (Fsp3) is 0.214. The quantitative estimate of drug-likeness (QED) is 0.891. The molecule has 0 aliphatic carbocycles. The van der Waals surface area contributed by atoms with Gasteiger partial charge in [0.1, 0.15) is 13.2 Å². The number of aryl methyl sites for hydroxylation is 1. The molecule has 0 radical (unpaired) electrons. The summed E-state index contributed by atoms with van der Waals surface area (Å²) in [6.45, 7) is 2.74. The second-order valence-corrected chi connectivity index (χ2v) is 4.51. The van der Waals surface area contributed by atoms with Gasteiger partial charge >= 0.3 is 5.97 Å². The van der Waals surface area contributed by atoms with Gasteiger partial charge in [0.2, 0.25) is 5.95 Å². The zero-order valence-corrected chi connectivity index (χ0v) is 11.3. The molecule has 108 valence electrons. The first-order valence-corrected chi connectivity index (χ1v) is 6.37. The molecule has 0 bridgehead atoms. The first-order valence-electron chi connectivity index (χ1n) is 6.37. The van der Waals surface area contributed by atoms with Crippen LogP contribution >= 0.6 is 0 Å². The average Bonchev–Trinajstić information content (AvgIpc) is 2.46. The van der Waals surface area contributed by atoms with E-state index in [1.165, 1.54) is 6.07 Å². The van der Waals surface area contributed by atoms with Gasteiger partial charge in [-0.2, -0.15) is 0 Å². The van der Waals surface area contributed by atoms with Crippen molar-refractivity contribution >= 4 is 17.6 Å². The Hall–Kier alpha value is -2.83. The maximum absolute atomic E-state index is 11.0. The van der Waals surface area contributed by atoms with E-state index in [1.54, 1.807) is 25.1 Å². The van der Waals surface area contributed by atoms with Gasteiger partial charge in [-0.15, -0.1) is 0 Å². The van der Waals surface area contributed by atoms with Crippen LogP contribution in [0.5, 0.6) is 11.5 Å². The molecule has 2 N–H and O–H groups in total. The molecular formula is C14H13N3O4. The maximum Gasteiger partial charge on any atom is 0.354 e. The van der Waals surface area contributed by atoms with Crippen molar-refractivity contribution in [2.45, 2.75) is 6.92 Å². The number of aromatic nitrogens is 2. The van der Waals surface area contributed by atoms with Crippen molar-refractivity contribution in [3.63, 3.8) is 0 Å². The summed E-state index contributed by atoms with van der Waals surface area (Å²) in [5, 5.41) is 12.0. The molecule has 2 heterocycles. The second-order valence-electron chi connectivity index (χ2n) is 4.51. The predicted molar refractivity (Wildman–Crippen MR) is 74.4 cm³/mol. The number of ether oxygens (including phenoxy) is 2. The molecular weight excluding hydrogens is 274 g/mol. The van der Waals surface area contributed by atoms with Crippen LogP contribution in [0, 0.1) is 6.92 Å². The Morgan fingerprint density at radius 3 is 2.71 bits per heavy atom. The van der Waals surface area contributed by atoms with Crippen LogP contribution in [0.4, 0.5) is 11.6 Å². The minimum Gasteiger partial charge on any atom is -0.486 e. The van der Waals surface area contributed by atoms with E-state index >= 15 is 0 Å². The molecule has 1 aliphatic heterocycles. The summed E-state index contributed by atoms with van der Waals surface area (Å²) < 4.78 is 10.9. The van der Waals surface area contributed by atoms with Crippen LogP contribution in [0.25, 0.3) is 0 Å². The molecule has 7 nitrogen and oxygen atoms in total. The number of nitrogens with one attached hydrogen (secondary N) is 1. The Morgan fingerprint density at radius 2 is 1.95 bits per heavy atom. The molecule has 0 unspecified atom stereocenters. The summed E-state index contributed by atoms with van der Waals surface area (Å²) in [6.07, 6.45) is 0. The number of fused-ring (bicyclic) bond motifs is 1. The average molecular weight is 287 g/mol. The third-order valence-electron chi connectivity index (χ3n) is 2.87. The van der Waals surface area contributed by atoms with Crippen LogP contribution < -0.4 is 14.8 Å². The fourth-order valence-corrected chi connectivity index (χ4v) is 1.98. The normalized spacial score (nSPS) is 12.8. The number of hydrogen-bond donors (Lipinski definition) is 2. The number of hydrogen-bond acceptors (Lipinski definition) is 6. The Kier molecular flexibility index (Phi) is 3.31. The third-order valence-corrected chi connectivity index (χ3v) is 2.87. The van der Waals surface area contributed by atoms with Crippen LogP contribution in [0.1, 0.15) is 16.2 Å². The van der Waals surface area contributed by atoms with Gasteiger partial charge < -0.3 is 19.9 Å². The highest BCUT2D eigenvalue weighted by molar-refractivity contribution is 5.85. The number of aromatic carboxylic acids is 1. The summed E-state index contributed by atoms with van der Waals surface area (Å²) in [7, 11) is 0. The van der Waals surface area contributed by atoms with E-state index < -0.39 is 5.97 Å². The van der Waals surface area contributed by atoms with E-state index in [0.717, 1.165) is 0 Å². The highest BCUT2D eigenvalue weighted by Crippen LogP contribution is 2.33. The van der Waals surface area contributed by atoms with Crippen LogP contribution in [0.15, 0.2) is 24.3 Å². The van der Waals surface area contributed by atoms with Gasteiger partial charge in [-0.25, -0.2) is 14.8 Å². The number of benzene rings is 1. The number of carboxylic acid groups (broad SMARTS) is 1. The van der Waals surface area contributed by atoms with Gasteiger partial charge in [-0.1, -0.05) is 0 Å². The monoisotopic (exact) mass is 287 g/mol. The van der Waals surface area contributed by atoms with Crippen LogP contribution in [-0.2, 0) is 0 Å². The van der Waals surface area contributed by atoms with E-state index in [0.29, 0.717) is 36.1 Å². The Morgan fingerprint density at radius 1 is 1.19 bits per heavy atom. The third kappa shape index (κ3) is 2.86. The summed E-state index contributed by atoms with van der Waals surface area (Å²) in [5.74, 6) is 0.454. The molecule has 7 heteroatoms. The molecule has 0 atom stereocenters. The lowest BCUT2D eigenvalue weighted by molar-refractivity contribution is 0.0690. The molecule has 0 amide bonds. The Labute approximate surface area is 120 Å². The van der Waals surface area contributed by atoms with Gasteiger partial charge in [0.25, 0.3) is 0 Å². The summed E-state index contributed by atoms with van der Waals surface area (Å²) in [5.41, 5.74) is 1.21. The topological polar surface area (TPSA) is 93.6 Å². The highest BCUT2D eigenvalue weighted by atomic mass is 16.6. The minimum absolute atomic E-state index is 0.0532. The van der Waals surface area contributed by atoms with Crippen molar-refractivity contribution in [1.29, 1.82) is 0 Å². The lowest BCUT2D eigenvalue weighted by Gasteiger charge is -2.19. The lowest BCUT2D eigenvalue weighted by atomic mass is 10.2. The maximum atomic E-state index is 11.0. The molecule has 0 saturated heterocycles. The molecule has 1 aliphatic rings. The van der Waals surface area contributed by atoms with Gasteiger partial charge in [-0.05, 0) is 25.1 Å². The number of anilines is 2. The molecule has 0 spiro atoms. The molecule has 0 saturated carbocycles. The minimum atomic E-state index is -1.09. The van der Waals surface area contributed by atoms with Crippen molar-refractivity contribution in [3.05, 3.63) is 35.7 Å². The van der Waals surface area contributed by atoms with Crippen molar-refractivity contribution in [2.75, 3.05) is 18.5 Å². The van der Waals surface area contributed by atoms with Crippen LogP contribution in [-0.4, -0.2) is 34.3 Å². The van der Waals surface area contributed by atoms with E-state index in [4.69, 9.17) is 14.6 Å². The summed E-state index contributed by atoms with van der Waals surface area (Å²) >= 11 is 0. The number of nitrogens with zero attached hydrogens (tertiary/aromatic N) is 2. The zero-order chi connectivity index (χ0) is 14.8. The molecule has 2 aromatic rings. The molecule has 1 aromatic carbocycles. The summed E-state index contributed by atoms with van der Waals surface area (Å²) in [4.78, 5) is 19.1. The van der Waals surface area contributed by atoms with E-state index in [9.17, 15) is 4.79 Å². The molecule has 0 fully saturated rings. The van der Waals surface area contributed by atoms with Crippen LogP contribution in [0.3, 0.4) is 0 Å². The molecule has 21 heavy (non-hydrogen) atoms. The SMILES string of the molecule is Cc1cc(C(=O)O)nc(Nc2ccc3c(c2)OCCO3)n1. The predicted octanol–water partition coefficient (Wildman–Crippen LogP) is 2.00. The highest BCUT2D eigenvalue weighted by Gasteiger charge is 2.13. The van der Waals surface area contributed by atoms with Crippen molar-refractivity contribution in [2.24, 2.45) is 0 Å². The molecule has 1 aromatic heterocycles. The van der Waals surface area contributed by atoms with Gasteiger partial charge in [0.15, 0.2) is 17.2 Å². The second kappa shape index (κ2) is 5.28. The van der Waals surface area contributed by atoms with E-state index in [-0.39, 0.29) is 11.6 Å². The zero-order valence-electron chi connectivity index (χ0n) is 11.3. The Balaban J connectivity index is 1.88. The van der Waals surface area contributed by atoms with Crippen molar-refractivity contribution in [1.82, 2.24) is 9.97 Å². The summed E-state index contributed by atoms with van der Waals surface area (Å²) in [6, 6.07) is 6.75. The van der Waals surface area contributed by atoms with Gasteiger partial charge in [0, 0.05) is 17.4 Å². The smallest absolute Gasteiger partial charge is 0.354 e. The van der Waals surface area contributed by atoms with Crippen molar-refractivity contribution in [3.8, 4) is 11.5 Å². The standard InChI is InChI=1S/C14H13N3O4/c1-8-6-10(13(18)19)17-14(15-8)16-9-2-3-11-12(7-9)21-5-4-20-11/h2-3,6-7H,4-5H2,1H3,(H,18,19)(H,15,16,17). The largest absolute Gasteiger partial charge is 0.486 e. The van der Waals surface area contributed by atoms with Gasteiger partial charge in [0.05, 0.1) is 0 Å². The first kappa shape index (κ1) is 13.2.